The minimum Gasteiger partial charge on any atom is -0.362 e. The highest BCUT2D eigenvalue weighted by Gasteiger charge is 2.28. The molecule has 1 fully saturated rings. The number of nitrogens with zero attached hydrogens (tertiary/aromatic N) is 2. The monoisotopic (exact) mass is 152 g/mol. The summed E-state index contributed by atoms with van der Waals surface area (Å²) in [5, 5.41) is 0. The number of fused-ring (bicyclic) bond motifs is 1. The lowest BCUT2D eigenvalue weighted by Gasteiger charge is -2.36. The summed E-state index contributed by atoms with van der Waals surface area (Å²) < 4.78 is 0. The minimum atomic E-state index is 0.727. The molecule has 0 amide bonds. The van der Waals surface area contributed by atoms with Gasteiger partial charge in [0.15, 0.2) is 0 Å². The van der Waals surface area contributed by atoms with Crippen molar-refractivity contribution >= 4 is 0 Å². The SMILES string of the molecule is CCN1CC=CN2CCCC21. The van der Waals surface area contributed by atoms with Gasteiger partial charge in [-0.15, -0.1) is 0 Å². The highest BCUT2D eigenvalue weighted by Crippen LogP contribution is 2.23. The van der Waals surface area contributed by atoms with Crippen LogP contribution in [0.3, 0.4) is 0 Å². The maximum absolute atomic E-state index is 2.53. The van der Waals surface area contributed by atoms with E-state index in [1.807, 2.05) is 0 Å². The van der Waals surface area contributed by atoms with Crippen LogP contribution in [0.1, 0.15) is 19.8 Å². The van der Waals surface area contributed by atoms with Crippen LogP contribution in [0, 0.1) is 0 Å². The first-order valence-electron chi connectivity index (χ1n) is 4.58. The molecule has 0 spiro atoms. The molecule has 62 valence electrons. The molecule has 2 aliphatic heterocycles. The second-order valence-electron chi connectivity index (χ2n) is 3.33. The lowest BCUT2D eigenvalue weighted by Crippen LogP contribution is -2.44. The third-order valence-corrected chi connectivity index (χ3v) is 2.73. The maximum Gasteiger partial charge on any atom is 0.0818 e. The summed E-state index contributed by atoms with van der Waals surface area (Å²) in [6, 6.07) is 0. The van der Waals surface area contributed by atoms with Crippen molar-refractivity contribution < 1.29 is 0 Å². The van der Waals surface area contributed by atoms with Gasteiger partial charge in [-0.1, -0.05) is 13.0 Å². The minimum absolute atomic E-state index is 0.727. The van der Waals surface area contributed by atoms with Crippen LogP contribution in [-0.2, 0) is 0 Å². The predicted molar refractivity (Wildman–Crippen MR) is 46.1 cm³/mol. The Morgan fingerprint density at radius 3 is 3.27 bits per heavy atom. The summed E-state index contributed by atoms with van der Waals surface area (Å²) in [6.07, 6.45) is 7.99. The summed E-state index contributed by atoms with van der Waals surface area (Å²) in [4.78, 5) is 5.00. The van der Waals surface area contributed by atoms with Crippen molar-refractivity contribution in [3.8, 4) is 0 Å². The number of hydrogen-bond donors (Lipinski definition) is 0. The van der Waals surface area contributed by atoms with Crippen LogP contribution >= 0.6 is 0 Å². The molecule has 1 unspecified atom stereocenters. The second kappa shape index (κ2) is 2.86. The molecule has 0 bridgehead atoms. The Bertz CT molecular complexity index is 165. The lowest BCUT2D eigenvalue weighted by atomic mass is 10.2. The van der Waals surface area contributed by atoms with E-state index in [2.05, 4.69) is 29.0 Å². The number of likely N-dealkylation sites (N-methyl/N-ethyl adjacent to an activating group) is 1. The average Bonchev–Trinajstić information content (AvgIpc) is 2.50. The Morgan fingerprint density at radius 2 is 2.45 bits per heavy atom. The Kier molecular flexibility index (Phi) is 1.86. The molecule has 0 aromatic carbocycles. The van der Waals surface area contributed by atoms with Gasteiger partial charge >= 0.3 is 0 Å². The molecule has 2 nitrogen and oxygen atoms in total. The zero-order valence-corrected chi connectivity index (χ0v) is 7.16. The van der Waals surface area contributed by atoms with E-state index in [1.165, 1.54) is 25.9 Å². The van der Waals surface area contributed by atoms with Crippen molar-refractivity contribution in [2.45, 2.75) is 25.9 Å². The normalized spacial score (nSPS) is 31.0. The van der Waals surface area contributed by atoms with Gasteiger partial charge in [0.1, 0.15) is 0 Å². The molecule has 1 atom stereocenters. The standard InChI is InChI=1S/C9H16N2/c1-2-10-7-4-8-11-6-3-5-9(10)11/h4,8-9H,2-3,5-7H2,1H3. The van der Waals surface area contributed by atoms with Crippen molar-refractivity contribution in [3.05, 3.63) is 12.3 Å². The topological polar surface area (TPSA) is 6.48 Å². The van der Waals surface area contributed by atoms with Crippen LogP contribution in [0.5, 0.6) is 0 Å². The number of hydrogen-bond acceptors (Lipinski definition) is 2. The fourth-order valence-corrected chi connectivity index (χ4v) is 2.12. The Labute approximate surface area is 68.5 Å². The van der Waals surface area contributed by atoms with Gasteiger partial charge in [0.25, 0.3) is 0 Å². The van der Waals surface area contributed by atoms with E-state index in [0.29, 0.717) is 0 Å². The molecule has 2 rings (SSSR count). The van der Waals surface area contributed by atoms with Gasteiger partial charge in [0.2, 0.25) is 0 Å². The first-order valence-corrected chi connectivity index (χ1v) is 4.58. The van der Waals surface area contributed by atoms with Crippen LogP contribution in [0.2, 0.25) is 0 Å². The van der Waals surface area contributed by atoms with Crippen molar-refractivity contribution in [1.82, 2.24) is 9.80 Å². The van der Waals surface area contributed by atoms with Gasteiger partial charge in [-0.2, -0.15) is 0 Å². The van der Waals surface area contributed by atoms with Crippen molar-refractivity contribution in [3.63, 3.8) is 0 Å². The third kappa shape index (κ3) is 1.16. The molecule has 0 aromatic rings. The Balaban J connectivity index is 2.09. The van der Waals surface area contributed by atoms with Crippen molar-refractivity contribution in [2.75, 3.05) is 19.6 Å². The molecule has 2 heterocycles. The van der Waals surface area contributed by atoms with E-state index >= 15 is 0 Å². The molecule has 0 N–H and O–H groups in total. The molecule has 2 aliphatic rings. The van der Waals surface area contributed by atoms with Gasteiger partial charge in [-0.05, 0) is 25.6 Å². The first-order chi connectivity index (χ1) is 5.42. The summed E-state index contributed by atoms with van der Waals surface area (Å²) in [6.45, 7) is 5.84. The van der Waals surface area contributed by atoms with Gasteiger partial charge in [0.05, 0.1) is 6.17 Å². The molecular formula is C9H16N2. The summed E-state index contributed by atoms with van der Waals surface area (Å²) >= 11 is 0. The maximum atomic E-state index is 2.53. The summed E-state index contributed by atoms with van der Waals surface area (Å²) in [5.74, 6) is 0. The highest BCUT2D eigenvalue weighted by molar-refractivity contribution is 4.97. The van der Waals surface area contributed by atoms with Gasteiger partial charge < -0.3 is 4.90 Å². The number of rotatable bonds is 1. The molecular weight excluding hydrogens is 136 g/mol. The zero-order valence-electron chi connectivity index (χ0n) is 7.16. The predicted octanol–water partition coefficient (Wildman–Crippen LogP) is 1.26. The van der Waals surface area contributed by atoms with Crippen LogP contribution < -0.4 is 0 Å². The largest absolute Gasteiger partial charge is 0.362 e. The van der Waals surface area contributed by atoms with E-state index in [9.17, 15) is 0 Å². The van der Waals surface area contributed by atoms with E-state index in [1.54, 1.807) is 0 Å². The van der Waals surface area contributed by atoms with Gasteiger partial charge in [0, 0.05) is 13.1 Å². The smallest absolute Gasteiger partial charge is 0.0818 e. The fourth-order valence-electron chi connectivity index (χ4n) is 2.12. The second-order valence-corrected chi connectivity index (χ2v) is 3.33. The van der Waals surface area contributed by atoms with Crippen LogP contribution in [0.25, 0.3) is 0 Å². The van der Waals surface area contributed by atoms with Crippen LogP contribution in [0.15, 0.2) is 12.3 Å². The van der Waals surface area contributed by atoms with E-state index in [-0.39, 0.29) is 0 Å². The van der Waals surface area contributed by atoms with E-state index < -0.39 is 0 Å². The highest BCUT2D eigenvalue weighted by atomic mass is 15.4. The van der Waals surface area contributed by atoms with Crippen molar-refractivity contribution in [2.24, 2.45) is 0 Å². The molecule has 0 aromatic heterocycles. The van der Waals surface area contributed by atoms with Gasteiger partial charge in [-0.3, -0.25) is 4.90 Å². The Hall–Kier alpha value is -0.500. The van der Waals surface area contributed by atoms with E-state index in [0.717, 1.165) is 12.7 Å². The summed E-state index contributed by atoms with van der Waals surface area (Å²) in [5.41, 5.74) is 0. The summed E-state index contributed by atoms with van der Waals surface area (Å²) in [7, 11) is 0. The van der Waals surface area contributed by atoms with E-state index in [4.69, 9.17) is 0 Å². The average molecular weight is 152 g/mol. The van der Waals surface area contributed by atoms with Gasteiger partial charge in [-0.25, -0.2) is 0 Å². The molecule has 1 saturated heterocycles. The molecule has 0 saturated carbocycles. The Morgan fingerprint density at radius 1 is 1.55 bits per heavy atom. The third-order valence-electron chi connectivity index (χ3n) is 2.73. The quantitative estimate of drug-likeness (QED) is 0.558. The molecule has 0 radical (unpaired) electrons. The van der Waals surface area contributed by atoms with Crippen LogP contribution in [-0.4, -0.2) is 35.6 Å². The molecule has 11 heavy (non-hydrogen) atoms. The first kappa shape index (κ1) is 7.17. The van der Waals surface area contributed by atoms with Crippen LogP contribution in [0.4, 0.5) is 0 Å². The lowest BCUT2D eigenvalue weighted by molar-refractivity contribution is 0.112. The zero-order chi connectivity index (χ0) is 7.68. The van der Waals surface area contributed by atoms with Crippen molar-refractivity contribution in [1.29, 1.82) is 0 Å². The molecule has 2 heteroatoms. The fraction of sp³-hybridized carbons (Fsp3) is 0.778. The molecule has 0 aliphatic carbocycles.